The Bertz CT molecular complexity index is 457. The van der Waals surface area contributed by atoms with Crippen molar-refractivity contribution in [3.05, 3.63) is 35.9 Å². The smallest absolute Gasteiger partial charge is 0.409 e. The van der Waals surface area contributed by atoms with E-state index in [2.05, 4.69) is 11.4 Å². The second kappa shape index (κ2) is 5.09. The number of ether oxygens (including phenoxy) is 1. The zero-order valence-corrected chi connectivity index (χ0v) is 11.2. The highest BCUT2D eigenvalue weighted by atomic mass is 16.6. The van der Waals surface area contributed by atoms with Crippen LogP contribution in [-0.2, 0) is 10.3 Å². The van der Waals surface area contributed by atoms with Crippen LogP contribution in [0.3, 0.4) is 0 Å². The van der Waals surface area contributed by atoms with Crippen LogP contribution in [-0.4, -0.2) is 11.7 Å². The molecule has 0 bridgehead atoms. The molecule has 4 heteroatoms. The van der Waals surface area contributed by atoms with Gasteiger partial charge in [-0.3, -0.25) is 5.32 Å². The molecule has 0 radical (unpaired) electrons. The molecule has 0 fully saturated rings. The Morgan fingerprint density at radius 2 is 1.78 bits per heavy atom. The molecule has 18 heavy (non-hydrogen) atoms. The molecule has 0 saturated heterocycles. The normalized spacial score (nSPS) is 14.2. The second-order valence-corrected chi connectivity index (χ2v) is 5.23. The first-order valence-corrected chi connectivity index (χ1v) is 5.75. The van der Waals surface area contributed by atoms with Crippen molar-refractivity contribution < 1.29 is 9.53 Å². The van der Waals surface area contributed by atoms with Gasteiger partial charge in [-0.05, 0) is 33.3 Å². The molecule has 0 aliphatic carbocycles. The standard InChI is InChI=1S/C14H18N2O2/c1-13(2,3)18-12(17)16-14(4,10-15)11-8-6-5-7-9-11/h5-9H,1-4H3,(H,16,17). The van der Waals surface area contributed by atoms with Crippen molar-refractivity contribution in [1.29, 1.82) is 5.26 Å². The van der Waals surface area contributed by atoms with Gasteiger partial charge in [0.15, 0.2) is 5.54 Å². The van der Waals surface area contributed by atoms with Crippen LogP contribution in [0.25, 0.3) is 0 Å². The van der Waals surface area contributed by atoms with Crippen LogP contribution in [0.4, 0.5) is 4.79 Å². The molecular formula is C14H18N2O2. The third kappa shape index (κ3) is 3.77. The van der Waals surface area contributed by atoms with Crippen molar-refractivity contribution in [2.24, 2.45) is 0 Å². The van der Waals surface area contributed by atoms with E-state index in [0.717, 1.165) is 5.56 Å². The number of nitrogens with zero attached hydrogens (tertiary/aromatic N) is 1. The van der Waals surface area contributed by atoms with E-state index >= 15 is 0 Å². The van der Waals surface area contributed by atoms with Crippen LogP contribution < -0.4 is 5.32 Å². The monoisotopic (exact) mass is 246 g/mol. The summed E-state index contributed by atoms with van der Waals surface area (Å²) in [6.45, 7) is 6.97. The molecule has 1 amide bonds. The lowest BCUT2D eigenvalue weighted by Gasteiger charge is -2.26. The van der Waals surface area contributed by atoms with Crippen molar-refractivity contribution >= 4 is 6.09 Å². The number of carbonyl (C=O) groups is 1. The van der Waals surface area contributed by atoms with Gasteiger partial charge in [-0.2, -0.15) is 5.26 Å². The van der Waals surface area contributed by atoms with Crippen LogP contribution >= 0.6 is 0 Å². The Morgan fingerprint density at radius 1 is 1.22 bits per heavy atom. The molecule has 1 unspecified atom stereocenters. The average molecular weight is 246 g/mol. The van der Waals surface area contributed by atoms with Crippen molar-refractivity contribution in [3.8, 4) is 6.07 Å². The maximum absolute atomic E-state index is 11.7. The largest absolute Gasteiger partial charge is 0.444 e. The highest BCUT2D eigenvalue weighted by Crippen LogP contribution is 2.20. The molecule has 0 aliphatic heterocycles. The number of rotatable bonds is 2. The van der Waals surface area contributed by atoms with E-state index in [-0.39, 0.29) is 0 Å². The summed E-state index contributed by atoms with van der Waals surface area (Å²) in [5.41, 5.74) is -0.959. The molecule has 0 aromatic heterocycles. The summed E-state index contributed by atoms with van der Waals surface area (Å²) in [4.78, 5) is 11.7. The third-order valence-electron chi connectivity index (χ3n) is 2.33. The zero-order chi connectivity index (χ0) is 13.8. The molecule has 1 atom stereocenters. The molecule has 1 N–H and O–H groups in total. The molecule has 96 valence electrons. The predicted molar refractivity (Wildman–Crippen MR) is 68.8 cm³/mol. The van der Waals surface area contributed by atoms with Gasteiger partial charge in [-0.15, -0.1) is 0 Å². The van der Waals surface area contributed by atoms with Gasteiger partial charge < -0.3 is 4.74 Å². The Labute approximate surface area is 108 Å². The number of benzene rings is 1. The minimum absolute atomic E-state index is 0.586. The third-order valence-corrected chi connectivity index (χ3v) is 2.33. The summed E-state index contributed by atoms with van der Waals surface area (Å²) < 4.78 is 5.16. The Morgan fingerprint density at radius 3 is 2.22 bits per heavy atom. The van der Waals surface area contributed by atoms with Gasteiger partial charge in [-0.1, -0.05) is 30.3 Å². The number of nitriles is 1. The predicted octanol–water partition coefficient (Wildman–Crippen LogP) is 2.95. The summed E-state index contributed by atoms with van der Waals surface area (Å²) in [7, 11) is 0. The molecule has 4 nitrogen and oxygen atoms in total. The SMILES string of the molecule is CC(C)(C)OC(=O)NC(C)(C#N)c1ccccc1. The molecule has 0 aliphatic rings. The topological polar surface area (TPSA) is 62.1 Å². The van der Waals surface area contributed by atoms with Crippen LogP contribution in [0.15, 0.2) is 30.3 Å². The highest BCUT2D eigenvalue weighted by molar-refractivity contribution is 5.70. The molecule has 1 aromatic rings. The molecule has 1 aromatic carbocycles. The number of amides is 1. The Hall–Kier alpha value is -2.02. The molecule has 1 rings (SSSR count). The maximum Gasteiger partial charge on any atom is 0.409 e. The van der Waals surface area contributed by atoms with Gasteiger partial charge >= 0.3 is 6.09 Å². The van der Waals surface area contributed by atoms with E-state index in [1.807, 2.05) is 18.2 Å². The van der Waals surface area contributed by atoms with E-state index in [4.69, 9.17) is 4.74 Å². The van der Waals surface area contributed by atoms with Gasteiger partial charge in [0.05, 0.1) is 6.07 Å². The van der Waals surface area contributed by atoms with Crippen LogP contribution in [0.5, 0.6) is 0 Å². The van der Waals surface area contributed by atoms with E-state index in [1.54, 1.807) is 39.8 Å². The summed E-state index contributed by atoms with van der Waals surface area (Å²) in [6, 6.07) is 11.2. The quantitative estimate of drug-likeness (QED) is 0.872. The number of hydrogen-bond donors (Lipinski definition) is 1. The fourth-order valence-electron chi connectivity index (χ4n) is 1.44. The first-order valence-electron chi connectivity index (χ1n) is 5.75. The minimum Gasteiger partial charge on any atom is -0.444 e. The van der Waals surface area contributed by atoms with Gasteiger partial charge in [0.25, 0.3) is 0 Å². The van der Waals surface area contributed by atoms with E-state index in [9.17, 15) is 10.1 Å². The van der Waals surface area contributed by atoms with E-state index < -0.39 is 17.2 Å². The van der Waals surface area contributed by atoms with Crippen molar-refractivity contribution in [3.63, 3.8) is 0 Å². The number of nitrogens with one attached hydrogen (secondary N) is 1. The number of hydrogen-bond acceptors (Lipinski definition) is 3. The van der Waals surface area contributed by atoms with Gasteiger partial charge in [0.2, 0.25) is 0 Å². The first-order chi connectivity index (χ1) is 8.27. The Kier molecular flexibility index (Phi) is 3.97. The van der Waals surface area contributed by atoms with Crippen LogP contribution in [0.2, 0.25) is 0 Å². The zero-order valence-electron chi connectivity index (χ0n) is 11.2. The summed E-state index contributed by atoms with van der Waals surface area (Å²) in [5, 5.41) is 11.9. The van der Waals surface area contributed by atoms with Gasteiger partial charge in [-0.25, -0.2) is 4.79 Å². The highest BCUT2D eigenvalue weighted by Gasteiger charge is 2.30. The van der Waals surface area contributed by atoms with Crippen LogP contribution in [0, 0.1) is 11.3 Å². The summed E-state index contributed by atoms with van der Waals surface area (Å²) in [5.74, 6) is 0. The Balaban J connectivity index is 2.86. The van der Waals surface area contributed by atoms with Gasteiger partial charge in [0, 0.05) is 0 Å². The van der Waals surface area contributed by atoms with E-state index in [0.29, 0.717) is 0 Å². The molecule has 0 heterocycles. The lowest BCUT2D eigenvalue weighted by molar-refractivity contribution is 0.0485. The molecule has 0 spiro atoms. The summed E-state index contributed by atoms with van der Waals surface area (Å²) in [6.07, 6.45) is -0.601. The minimum atomic E-state index is -1.09. The van der Waals surface area contributed by atoms with Crippen molar-refractivity contribution in [2.45, 2.75) is 38.8 Å². The fourth-order valence-corrected chi connectivity index (χ4v) is 1.44. The van der Waals surface area contributed by atoms with Gasteiger partial charge in [0.1, 0.15) is 5.60 Å². The first kappa shape index (κ1) is 14.0. The molecule has 0 saturated carbocycles. The lowest BCUT2D eigenvalue weighted by Crippen LogP contribution is -2.44. The van der Waals surface area contributed by atoms with E-state index in [1.165, 1.54) is 0 Å². The maximum atomic E-state index is 11.7. The number of carbonyl (C=O) groups excluding carboxylic acids is 1. The lowest BCUT2D eigenvalue weighted by atomic mass is 9.94. The molecular weight excluding hydrogens is 228 g/mol. The van der Waals surface area contributed by atoms with Crippen LogP contribution in [0.1, 0.15) is 33.3 Å². The number of alkyl carbamates (subject to hydrolysis) is 1. The summed E-state index contributed by atoms with van der Waals surface area (Å²) >= 11 is 0. The second-order valence-electron chi connectivity index (χ2n) is 5.23. The van der Waals surface area contributed by atoms with Crippen molar-refractivity contribution in [2.75, 3.05) is 0 Å². The average Bonchev–Trinajstić information content (AvgIpc) is 2.27. The van der Waals surface area contributed by atoms with Crippen molar-refractivity contribution in [1.82, 2.24) is 5.32 Å². The fraction of sp³-hybridized carbons (Fsp3) is 0.429.